The quantitative estimate of drug-likeness (QED) is 0.546. The summed E-state index contributed by atoms with van der Waals surface area (Å²) in [6.45, 7) is 0. The molecule has 1 fully saturated rings. The molecule has 1 saturated carbocycles. The molecule has 2 N–H and O–H groups in total. The van der Waals surface area contributed by atoms with Crippen LogP contribution in [0.5, 0.6) is 0 Å². The van der Waals surface area contributed by atoms with Crippen molar-refractivity contribution in [1.82, 2.24) is 30.3 Å². The standard InChI is InChI=1S/C20H16ClN7O/c21-16-7-6-15(26-27-16)17-25-18(28-29-17)20(8-1-9-20)14-4-2-12(3-5-14)13-10-23-19(22)24-11-13/h2-7,10-11H,1,8-9H2,(H2,22,23,24). The Morgan fingerprint density at radius 1 is 0.931 bits per heavy atom. The highest BCUT2D eigenvalue weighted by atomic mass is 35.5. The van der Waals surface area contributed by atoms with Crippen LogP contribution in [0.25, 0.3) is 22.7 Å². The molecule has 0 saturated heterocycles. The first-order valence-corrected chi connectivity index (χ1v) is 9.54. The number of nitrogen functional groups attached to an aromatic ring is 1. The Kier molecular flexibility index (Phi) is 4.21. The predicted molar refractivity (Wildman–Crippen MR) is 107 cm³/mol. The molecule has 0 bridgehead atoms. The Bertz CT molecular complexity index is 1140. The van der Waals surface area contributed by atoms with Gasteiger partial charge in [-0.15, -0.1) is 10.2 Å². The largest absolute Gasteiger partial charge is 0.368 e. The van der Waals surface area contributed by atoms with E-state index < -0.39 is 0 Å². The van der Waals surface area contributed by atoms with Crippen molar-refractivity contribution in [1.29, 1.82) is 0 Å². The van der Waals surface area contributed by atoms with Crippen molar-refractivity contribution in [3.63, 3.8) is 0 Å². The van der Waals surface area contributed by atoms with Crippen molar-refractivity contribution >= 4 is 17.5 Å². The second-order valence-corrected chi connectivity index (χ2v) is 7.39. The van der Waals surface area contributed by atoms with E-state index in [1.807, 2.05) is 0 Å². The molecule has 0 spiro atoms. The second-order valence-electron chi connectivity index (χ2n) is 7.01. The Morgan fingerprint density at radius 2 is 1.69 bits per heavy atom. The van der Waals surface area contributed by atoms with Crippen LogP contribution in [0.3, 0.4) is 0 Å². The molecule has 0 atom stereocenters. The van der Waals surface area contributed by atoms with Gasteiger partial charge in [0, 0.05) is 18.0 Å². The summed E-state index contributed by atoms with van der Waals surface area (Å²) >= 11 is 5.80. The molecule has 1 aliphatic rings. The van der Waals surface area contributed by atoms with Crippen LogP contribution in [0.15, 0.2) is 53.3 Å². The van der Waals surface area contributed by atoms with Crippen molar-refractivity contribution in [2.75, 3.05) is 5.73 Å². The maximum Gasteiger partial charge on any atom is 0.278 e. The van der Waals surface area contributed by atoms with Crippen LogP contribution in [0.2, 0.25) is 5.15 Å². The number of benzene rings is 1. The van der Waals surface area contributed by atoms with Crippen LogP contribution < -0.4 is 5.73 Å². The summed E-state index contributed by atoms with van der Waals surface area (Å²) in [5.41, 5.74) is 8.90. The summed E-state index contributed by atoms with van der Waals surface area (Å²) in [7, 11) is 0. The number of hydrogen-bond acceptors (Lipinski definition) is 8. The third kappa shape index (κ3) is 3.11. The molecule has 1 aromatic carbocycles. The monoisotopic (exact) mass is 405 g/mol. The molecular formula is C20H16ClN7O. The van der Waals surface area contributed by atoms with Gasteiger partial charge >= 0.3 is 0 Å². The lowest BCUT2D eigenvalue weighted by molar-refractivity contribution is 0.273. The predicted octanol–water partition coefficient (Wildman–Crippen LogP) is 3.69. The summed E-state index contributed by atoms with van der Waals surface area (Å²) in [4.78, 5) is 12.7. The first-order chi connectivity index (χ1) is 14.1. The fraction of sp³-hybridized carbons (Fsp3) is 0.200. The van der Waals surface area contributed by atoms with Gasteiger partial charge in [0.2, 0.25) is 5.95 Å². The molecule has 8 nitrogen and oxygen atoms in total. The lowest BCUT2D eigenvalue weighted by Gasteiger charge is -2.39. The van der Waals surface area contributed by atoms with Crippen LogP contribution >= 0.6 is 11.6 Å². The van der Waals surface area contributed by atoms with Gasteiger partial charge in [0.1, 0.15) is 0 Å². The molecule has 1 aliphatic carbocycles. The highest BCUT2D eigenvalue weighted by Crippen LogP contribution is 2.48. The molecule has 0 aliphatic heterocycles. The number of nitrogens with two attached hydrogens (primary N) is 1. The molecule has 0 radical (unpaired) electrons. The molecule has 4 aromatic rings. The van der Waals surface area contributed by atoms with Crippen molar-refractivity contribution in [3.8, 4) is 22.7 Å². The molecule has 9 heteroatoms. The zero-order chi connectivity index (χ0) is 19.8. The minimum absolute atomic E-state index is 0.252. The molecule has 3 heterocycles. The number of nitrogens with zero attached hydrogens (tertiary/aromatic N) is 6. The van der Waals surface area contributed by atoms with Crippen LogP contribution in [-0.4, -0.2) is 30.3 Å². The van der Waals surface area contributed by atoms with Crippen molar-refractivity contribution < 1.29 is 4.52 Å². The number of aromatic nitrogens is 6. The Hall–Kier alpha value is -3.39. The van der Waals surface area contributed by atoms with Crippen LogP contribution in [0.1, 0.15) is 30.7 Å². The average Bonchev–Trinajstić information content (AvgIpc) is 3.19. The SMILES string of the molecule is Nc1ncc(-c2ccc(C3(c4noc(-c5ccc(Cl)nn5)n4)CCC3)cc2)cn1. The van der Waals surface area contributed by atoms with E-state index in [0.717, 1.165) is 36.0 Å². The van der Waals surface area contributed by atoms with Gasteiger partial charge in [-0.1, -0.05) is 47.4 Å². The second kappa shape index (κ2) is 6.89. The Balaban J connectivity index is 1.46. The van der Waals surface area contributed by atoms with Gasteiger partial charge in [0.05, 0.1) is 5.41 Å². The van der Waals surface area contributed by atoms with Crippen molar-refractivity contribution in [3.05, 3.63) is 65.3 Å². The topological polar surface area (TPSA) is 116 Å². The summed E-state index contributed by atoms with van der Waals surface area (Å²) in [5, 5.41) is 12.4. The minimum atomic E-state index is -0.252. The van der Waals surface area contributed by atoms with E-state index in [1.54, 1.807) is 24.5 Å². The molecule has 29 heavy (non-hydrogen) atoms. The minimum Gasteiger partial charge on any atom is -0.368 e. The van der Waals surface area contributed by atoms with E-state index in [2.05, 4.69) is 54.6 Å². The first-order valence-electron chi connectivity index (χ1n) is 9.16. The normalized spacial score (nSPS) is 15.1. The smallest absolute Gasteiger partial charge is 0.278 e. The number of hydrogen-bond donors (Lipinski definition) is 1. The lowest BCUT2D eigenvalue weighted by Crippen LogP contribution is -2.36. The number of halogens is 1. The van der Waals surface area contributed by atoms with E-state index in [-0.39, 0.29) is 11.4 Å². The molecule has 5 rings (SSSR count). The van der Waals surface area contributed by atoms with Crippen molar-refractivity contribution in [2.24, 2.45) is 0 Å². The number of anilines is 1. The molecule has 144 valence electrons. The summed E-state index contributed by atoms with van der Waals surface area (Å²) in [5.74, 6) is 1.27. The maximum absolute atomic E-state index is 5.80. The van der Waals surface area contributed by atoms with Crippen LogP contribution in [0.4, 0.5) is 5.95 Å². The van der Waals surface area contributed by atoms with E-state index in [1.165, 1.54) is 0 Å². The summed E-state index contributed by atoms with van der Waals surface area (Å²) in [6.07, 6.45) is 6.47. The Morgan fingerprint density at radius 3 is 2.31 bits per heavy atom. The molecule has 0 amide bonds. The number of rotatable bonds is 4. The fourth-order valence-corrected chi connectivity index (χ4v) is 3.69. The van der Waals surface area contributed by atoms with Gasteiger partial charge in [0.25, 0.3) is 5.89 Å². The highest BCUT2D eigenvalue weighted by Gasteiger charge is 2.44. The zero-order valence-corrected chi connectivity index (χ0v) is 16.0. The average molecular weight is 406 g/mol. The molecule has 3 aromatic heterocycles. The first kappa shape index (κ1) is 17.7. The summed E-state index contributed by atoms with van der Waals surface area (Å²) < 4.78 is 5.46. The van der Waals surface area contributed by atoms with Crippen molar-refractivity contribution in [2.45, 2.75) is 24.7 Å². The summed E-state index contributed by atoms with van der Waals surface area (Å²) in [6, 6.07) is 11.7. The molecular weight excluding hydrogens is 390 g/mol. The van der Waals surface area contributed by atoms with E-state index >= 15 is 0 Å². The third-order valence-corrected chi connectivity index (χ3v) is 5.56. The van der Waals surface area contributed by atoms with Gasteiger partial charge in [-0.05, 0) is 36.1 Å². The van der Waals surface area contributed by atoms with E-state index in [9.17, 15) is 0 Å². The van der Waals surface area contributed by atoms with E-state index in [0.29, 0.717) is 22.6 Å². The molecule has 0 unspecified atom stereocenters. The lowest BCUT2D eigenvalue weighted by atomic mass is 9.64. The third-order valence-electron chi connectivity index (χ3n) is 5.35. The van der Waals surface area contributed by atoms with Crippen LogP contribution in [0, 0.1) is 0 Å². The van der Waals surface area contributed by atoms with Gasteiger partial charge in [0.15, 0.2) is 16.7 Å². The van der Waals surface area contributed by atoms with Gasteiger partial charge in [-0.3, -0.25) is 0 Å². The van der Waals surface area contributed by atoms with Crippen LogP contribution in [-0.2, 0) is 5.41 Å². The Labute approximate surface area is 171 Å². The maximum atomic E-state index is 5.80. The zero-order valence-electron chi connectivity index (χ0n) is 15.3. The fourth-order valence-electron chi connectivity index (χ4n) is 3.59. The van der Waals surface area contributed by atoms with Gasteiger partial charge in [-0.25, -0.2) is 9.97 Å². The van der Waals surface area contributed by atoms with E-state index in [4.69, 9.17) is 21.9 Å². The van der Waals surface area contributed by atoms with Gasteiger partial charge < -0.3 is 10.3 Å². The van der Waals surface area contributed by atoms with Gasteiger partial charge in [-0.2, -0.15) is 4.98 Å². The highest BCUT2D eigenvalue weighted by molar-refractivity contribution is 6.29.